The fourth-order valence-corrected chi connectivity index (χ4v) is 2.96. The molecule has 5 heteroatoms. The maximum atomic E-state index is 12.0. The molecular weight excluding hydrogens is 246 g/mol. The molecule has 1 aliphatic carbocycles. The van der Waals surface area contributed by atoms with Crippen molar-refractivity contribution < 1.29 is 19.4 Å². The van der Waals surface area contributed by atoms with Gasteiger partial charge < -0.3 is 15.2 Å². The van der Waals surface area contributed by atoms with Crippen molar-refractivity contribution in [3.63, 3.8) is 0 Å². The van der Waals surface area contributed by atoms with Crippen LogP contribution in [0.5, 0.6) is 0 Å². The molecule has 2 N–H and O–H groups in total. The Balaban J connectivity index is 1.67. The third-order valence-corrected chi connectivity index (χ3v) is 4.27. The van der Waals surface area contributed by atoms with Gasteiger partial charge in [0.05, 0.1) is 12.5 Å². The van der Waals surface area contributed by atoms with Crippen molar-refractivity contribution in [3.8, 4) is 0 Å². The number of carbonyl (C=O) groups is 2. The number of aliphatic carboxylic acids is 1. The van der Waals surface area contributed by atoms with E-state index in [1.807, 2.05) is 0 Å². The summed E-state index contributed by atoms with van der Waals surface area (Å²) in [6, 6.07) is 0. The molecule has 1 unspecified atom stereocenters. The molecule has 1 aliphatic heterocycles. The minimum absolute atomic E-state index is 0.000101. The van der Waals surface area contributed by atoms with E-state index in [1.54, 1.807) is 0 Å². The van der Waals surface area contributed by atoms with Crippen molar-refractivity contribution in [1.29, 1.82) is 0 Å². The van der Waals surface area contributed by atoms with Crippen molar-refractivity contribution in [2.45, 2.75) is 38.5 Å². The molecule has 0 aromatic carbocycles. The highest BCUT2D eigenvalue weighted by Gasteiger charge is 2.29. The molecule has 1 amide bonds. The van der Waals surface area contributed by atoms with Gasteiger partial charge in [-0.25, -0.2) is 0 Å². The van der Waals surface area contributed by atoms with E-state index in [1.165, 1.54) is 0 Å². The quantitative estimate of drug-likeness (QED) is 0.809. The van der Waals surface area contributed by atoms with Crippen LogP contribution in [-0.4, -0.2) is 36.7 Å². The van der Waals surface area contributed by atoms with E-state index < -0.39 is 5.97 Å². The first-order valence-electron chi connectivity index (χ1n) is 7.25. The van der Waals surface area contributed by atoms with E-state index in [4.69, 9.17) is 9.84 Å². The normalized spacial score (nSPS) is 31.7. The van der Waals surface area contributed by atoms with E-state index in [-0.39, 0.29) is 17.7 Å². The minimum Gasteiger partial charge on any atom is -0.481 e. The second kappa shape index (κ2) is 6.89. The van der Waals surface area contributed by atoms with E-state index in [0.29, 0.717) is 38.1 Å². The molecule has 108 valence electrons. The molecular formula is C14H23NO4. The van der Waals surface area contributed by atoms with Gasteiger partial charge in [-0.1, -0.05) is 0 Å². The van der Waals surface area contributed by atoms with Crippen molar-refractivity contribution in [2.75, 3.05) is 19.8 Å². The van der Waals surface area contributed by atoms with Gasteiger partial charge in [-0.15, -0.1) is 0 Å². The Hall–Kier alpha value is -1.10. The van der Waals surface area contributed by atoms with Gasteiger partial charge in [0, 0.05) is 19.1 Å². The minimum atomic E-state index is -0.724. The van der Waals surface area contributed by atoms with Gasteiger partial charge in [0.25, 0.3) is 0 Å². The molecule has 0 aromatic heterocycles. The lowest BCUT2D eigenvalue weighted by Gasteiger charge is -2.27. The lowest BCUT2D eigenvalue weighted by Crippen LogP contribution is -2.38. The number of carboxylic acids is 1. The third kappa shape index (κ3) is 4.20. The first kappa shape index (κ1) is 14.3. The highest BCUT2D eigenvalue weighted by Crippen LogP contribution is 2.29. The van der Waals surface area contributed by atoms with Crippen LogP contribution in [-0.2, 0) is 14.3 Å². The highest BCUT2D eigenvalue weighted by molar-refractivity contribution is 5.79. The lowest BCUT2D eigenvalue weighted by molar-refractivity contribution is -0.144. The van der Waals surface area contributed by atoms with Crippen LogP contribution in [0.3, 0.4) is 0 Å². The maximum Gasteiger partial charge on any atom is 0.306 e. The first-order chi connectivity index (χ1) is 9.16. The number of rotatable bonds is 4. The summed E-state index contributed by atoms with van der Waals surface area (Å²) >= 11 is 0. The summed E-state index contributed by atoms with van der Waals surface area (Å²) in [6.45, 7) is 2.27. The van der Waals surface area contributed by atoms with Crippen LogP contribution in [0.4, 0.5) is 0 Å². The summed E-state index contributed by atoms with van der Waals surface area (Å²) in [5, 5.41) is 11.9. The molecule has 5 nitrogen and oxygen atoms in total. The van der Waals surface area contributed by atoms with E-state index in [2.05, 4.69) is 5.32 Å². The Bertz CT molecular complexity index is 317. The summed E-state index contributed by atoms with van der Waals surface area (Å²) in [6.07, 6.45) is 4.84. The zero-order chi connectivity index (χ0) is 13.7. The zero-order valence-corrected chi connectivity index (χ0v) is 11.3. The number of hydrogen-bond acceptors (Lipinski definition) is 3. The van der Waals surface area contributed by atoms with Crippen molar-refractivity contribution in [1.82, 2.24) is 5.32 Å². The molecule has 0 spiro atoms. The second-order valence-corrected chi connectivity index (χ2v) is 5.72. The number of amides is 1. The van der Waals surface area contributed by atoms with Crippen LogP contribution in [0.2, 0.25) is 0 Å². The average Bonchev–Trinajstić information content (AvgIpc) is 2.46. The monoisotopic (exact) mass is 269 g/mol. The molecule has 1 atom stereocenters. The average molecular weight is 269 g/mol. The molecule has 19 heavy (non-hydrogen) atoms. The molecule has 0 bridgehead atoms. The van der Waals surface area contributed by atoms with Gasteiger partial charge >= 0.3 is 5.97 Å². The van der Waals surface area contributed by atoms with Crippen LogP contribution in [0, 0.1) is 17.8 Å². The Morgan fingerprint density at radius 1 is 1.11 bits per heavy atom. The standard InChI is InChI=1S/C14H23NO4/c16-13(15-8-10-2-1-7-19-9-10)11-3-5-12(6-4-11)14(17)18/h10-12H,1-9H2,(H,15,16)(H,17,18). The van der Waals surface area contributed by atoms with Gasteiger partial charge in [-0.05, 0) is 44.4 Å². The second-order valence-electron chi connectivity index (χ2n) is 5.72. The van der Waals surface area contributed by atoms with Crippen LogP contribution in [0.15, 0.2) is 0 Å². The molecule has 2 rings (SSSR count). The van der Waals surface area contributed by atoms with E-state index in [9.17, 15) is 9.59 Å². The number of carbonyl (C=O) groups excluding carboxylic acids is 1. The van der Waals surface area contributed by atoms with Crippen LogP contribution in [0.25, 0.3) is 0 Å². The summed E-state index contributed by atoms with van der Waals surface area (Å²) in [4.78, 5) is 22.9. The number of nitrogens with one attached hydrogen (secondary N) is 1. The number of carboxylic acid groups (broad SMARTS) is 1. The molecule has 0 radical (unpaired) electrons. The topological polar surface area (TPSA) is 75.6 Å². The van der Waals surface area contributed by atoms with Crippen LogP contribution >= 0.6 is 0 Å². The van der Waals surface area contributed by atoms with E-state index in [0.717, 1.165) is 26.1 Å². The Morgan fingerprint density at radius 2 is 1.79 bits per heavy atom. The molecule has 1 saturated carbocycles. The smallest absolute Gasteiger partial charge is 0.306 e. The summed E-state index contributed by atoms with van der Waals surface area (Å²) in [5.41, 5.74) is 0. The Kier molecular flexibility index (Phi) is 5.19. The predicted molar refractivity (Wildman–Crippen MR) is 69.6 cm³/mol. The lowest BCUT2D eigenvalue weighted by atomic mass is 9.81. The predicted octanol–water partition coefficient (Wildman–Crippen LogP) is 1.42. The SMILES string of the molecule is O=C(O)C1CCC(C(=O)NCC2CCCOC2)CC1. The summed E-state index contributed by atoms with van der Waals surface area (Å²) in [5.74, 6) is -0.448. The summed E-state index contributed by atoms with van der Waals surface area (Å²) < 4.78 is 5.38. The fourth-order valence-electron chi connectivity index (χ4n) is 2.96. The van der Waals surface area contributed by atoms with Crippen molar-refractivity contribution >= 4 is 11.9 Å². The van der Waals surface area contributed by atoms with Gasteiger partial charge in [-0.3, -0.25) is 9.59 Å². The van der Waals surface area contributed by atoms with Crippen LogP contribution in [0.1, 0.15) is 38.5 Å². The Morgan fingerprint density at radius 3 is 2.37 bits per heavy atom. The third-order valence-electron chi connectivity index (χ3n) is 4.27. The van der Waals surface area contributed by atoms with E-state index >= 15 is 0 Å². The molecule has 2 aliphatic rings. The molecule has 1 heterocycles. The van der Waals surface area contributed by atoms with Gasteiger partial charge in [-0.2, -0.15) is 0 Å². The fraction of sp³-hybridized carbons (Fsp3) is 0.857. The largest absolute Gasteiger partial charge is 0.481 e. The number of ether oxygens (including phenoxy) is 1. The van der Waals surface area contributed by atoms with Gasteiger partial charge in [0.15, 0.2) is 0 Å². The molecule has 0 aromatic rings. The number of hydrogen-bond donors (Lipinski definition) is 2. The molecule has 2 fully saturated rings. The maximum absolute atomic E-state index is 12.0. The van der Waals surface area contributed by atoms with Gasteiger partial charge in [0.2, 0.25) is 5.91 Å². The van der Waals surface area contributed by atoms with Gasteiger partial charge in [0.1, 0.15) is 0 Å². The molecule has 1 saturated heterocycles. The summed E-state index contributed by atoms with van der Waals surface area (Å²) in [7, 11) is 0. The van der Waals surface area contributed by atoms with Crippen LogP contribution < -0.4 is 5.32 Å². The zero-order valence-electron chi connectivity index (χ0n) is 11.3. The highest BCUT2D eigenvalue weighted by atomic mass is 16.5. The van der Waals surface area contributed by atoms with Crippen molar-refractivity contribution in [2.24, 2.45) is 17.8 Å². The Labute approximate surface area is 113 Å². The van der Waals surface area contributed by atoms with Crippen molar-refractivity contribution in [3.05, 3.63) is 0 Å². The first-order valence-corrected chi connectivity index (χ1v) is 7.25.